The van der Waals surface area contributed by atoms with Crippen LogP contribution in [0.15, 0.2) is 35.5 Å². The van der Waals surface area contributed by atoms with Crippen LogP contribution < -0.4 is 0 Å². The Hall–Kier alpha value is -1.82. The van der Waals surface area contributed by atoms with Gasteiger partial charge in [-0.3, -0.25) is 4.79 Å². The van der Waals surface area contributed by atoms with E-state index in [9.17, 15) is 4.79 Å². The Morgan fingerprint density at radius 3 is 2.52 bits per heavy atom. The van der Waals surface area contributed by atoms with Crippen molar-refractivity contribution >= 4 is 17.7 Å². The molecule has 0 spiro atoms. The molecule has 0 bridgehead atoms. The Morgan fingerprint density at radius 2 is 1.84 bits per heavy atom. The number of carbonyl (C=O) groups is 1. The highest BCUT2D eigenvalue weighted by atomic mass is 32.2. The molecule has 1 amide bonds. The minimum Gasteiger partial charge on any atom is -0.337 e. The molecule has 1 fully saturated rings. The van der Waals surface area contributed by atoms with Gasteiger partial charge in [0.05, 0.1) is 0 Å². The molecule has 0 N–H and O–H groups in total. The van der Waals surface area contributed by atoms with Crippen molar-refractivity contribution < 1.29 is 4.79 Å². The van der Waals surface area contributed by atoms with E-state index in [0.29, 0.717) is 18.5 Å². The molecular weight excluding hydrogens is 332 g/mol. The molecule has 25 heavy (non-hydrogen) atoms. The van der Waals surface area contributed by atoms with Crippen LogP contribution in [0, 0.1) is 0 Å². The van der Waals surface area contributed by atoms with Crippen molar-refractivity contribution in [3.63, 3.8) is 0 Å². The summed E-state index contributed by atoms with van der Waals surface area (Å²) in [5, 5.41) is 9.43. The van der Waals surface area contributed by atoms with Crippen LogP contribution in [0.2, 0.25) is 0 Å². The fourth-order valence-electron chi connectivity index (χ4n) is 3.55. The van der Waals surface area contributed by atoms with Gasteiger partial charge in [-0.15, -0.1) is 10.2 Å². The maximum absolute atomic E-state index is 12.6. The van der Waals surface area contributed by atoms with Gasteiger partial charge in [0.25, 0.3) is 0 Å². The number of thioether (sulfide) groups is 1. The standard InChI is InChI=1S/C19H26N4OS/c1-14-8-7-9-15(2)23(14)17(24)12-13-25-19-21-20-18(22(19)3)16-10-5-4-6-11-16/h4-6,10-11,14-15H,7-9,12-13H2,1-3H3. The summed E-state index contributed by atoms with van der Waals surface area (Å²) >= 11 is 1.60. The summed E-state index contributed by atoms with van der Waals surface area (Å²) in [6.45, 7) is 4.32. The summed E-state index contributed by atoms with van der Waals surface area (Å²) in [4.78, 5) is 14.7. The number of nitrogens with zero attached hydrogens (tertiary/aromatic N) is 4. The van der Waals surface area contributed by atoms with Crippen molar-refractivity contribution in [2.45, 2.75) is 56.8 Å². The highest BCUT2D eigenvalue weighted by Crippen LogP contribution is 2.26. The van der Waals surface area contributed by atoms with Gasteiger partial charge in [-0.05, 0) is 33.1 Å². The number of aromatic nitrogens is 3. The largest absolute Gasteiger partial charge is 0.337 e. The van der Waals surface area contributed by atoms with E-state index in [-0.39, 0.29) is 5.91 Å². The molecule has 2 atom stereocenters. The fraction of sp³-hybridized carbons (Fsp3) is 0.526. The van der Waals surface area contributed by atoms with Crippen molar-refractivity contribution in [1.82, 2.24) is 19.7 Å². The van der Waals surface area contributed by atoms with E-state index in [4.69, 9.17) is 0 Å². The Balaban J connectivity index is 1.58. The lowest BCUT2D eigenvalue weighted by atomic mass is 9.97. The summed E-state index contributed by atoms with van der Waals surface area (Å²) in [6.07, 6.45) is 4.01. The van der Waals surface area contributed by atoms with Gasteiger partial charge in [0.2, 0.25) is 5.91 Å². The van der Waals surface area contributed by atoms with Crippen LogP contribution in [0.25, 0.3) is 11.4 Å². The quantitative estimate of drug-likeness (QED) is 0.764. The van der Waals surface area contributed by atoms with Gasteiger partial charge in [0.15, 0.2) is 11.0 Å². The van der Waals surface area contributed by atoms with Gasteiger partial charge in [0, 0.05) is 36.9 Å². The Bertz CT molecular complexity index is 705. The van der Waals surface area contributed by atoms with Crippen molar-refractivity contribution in [2.24, 2.45) is 7.05 Å². The first kappa shape index (κ1) is 18.0. The zero-order valence-corrected chi connectivity index (χ0v) is 16.0. The molecule has 1 aliphatic heterocycles. The zero-order valence-electron chi connectivity index (χ0n) is 15.2. The van der Waals surface area contributed by atoms with Crippen LogP contribution in [-0.2, 0) is 11.8 Å². The van der Waals surface area contributed by atoms with Crippen molar-refractivity contribution in [1.29, 1.82) is 0 Å². The zero-order chi connectivity index (χ0) is 17.8. The lowest BCUT2D eigenvalue weighted by molar-refractivity contribution is -0.136. The molecule has 5 nitrogen and oxygen atoms in total. The lowest BCUT2D eigenvalue weighted by Gasteiger charge is -2.39. The van der Waals surface area contributed by atoms with E-state index in [1.165, 1.54) is 6.42 Å². The van der Waals surface area contributed by atoms with Crippen LogP contribution >= 0.6 is 11.8 Å². The highest BCUT2D eigenvalue weighted by Gasteiger charge is 2.28. The maximum atomic E-state index is 12.6. The average Bonchev–Trinajstić information content (AvgIpc) is 2.96. The predicted octanol–water partition coefficient (Wildman–Crippen LogP) is 3.75. The fourth-order valence-corrected chi connectivity index (χ4v) is 4.39. The van der Waals surface area contributed by atoms with Gasteiger partial charge < -0.3 is 9.47 Å². The van der Waals surface area contributed by atoms with Crippen molar-refractivity contribution in [3.05, 3.63) is 30.3 Å². The molecule has 2 heterocycles. The van der Waals surface area contributed by atoms with Crippen LogP contribution in [0.1, 0.15) is 39.5 Å². The third-order valence-corrected chi connectivity index (χ3v) is 5.92. The molecule has 0 radical (unpaired) electrons. The van der Waals surface area contributed by atoms with Crippen LogP contribution in [0.5, 0.6) is 0 Å². The molecule has 0 saturated carbocycles. The summed E-state index contributed by atoms with van der Waals surface area (Å²) < 4.78 is 2.00. The SMILES string of the molecule is CC1CCCC(C)N1C(=O)CCSc1nnc(-c2ccccc2)n1C. The number of rotatable bonds is 5. The lowest BCUT2D eigenvalue weighted by Crippen LogP contribution is -2.47. The summed E-state index contributed by atoms with van der Waals surface area (Å²) in [7, 11) is 1.97. The first-order valence-electron chi connectivity index (χ1n) is 8.96. The van der Waals surface area contributed by atoms with Gasteiger partial charge in [-0.1, -0.05) is 42.1 Å². The van der Waals surface area contributed by atoms with E-state index in [0.717, 1.165) is 35.1 Å². The summed E-state index contributed by atoms with van der Waals surface area (Å²) in [5.41, 5.74) is 1.05. The topological polar surface area (TPSA) is 51.0 Å². The minimum atomic E-state index is 0.262. The summed E-state index contributed by atoms with van der Waals surface area (Å²) in [6, 6.07) is 10.8. The second kappa shape index (κ2) is 8.04. The van der Waals surface area contributed by atoms with E-state index < -0.39 is 0 Å². The Morgan fingerprint density at radius 1 is 1.16 bits per heavy atom. The Labute approximate surface area is 153 Å². The highest BCUT2D eigenvalue weighted by molar-refractivity contribution is 7.99. The average molecular weight is 359 g/mol. The number of hydrogen-bond acceptors (Lipinski definition) is 4. The molecule has 2 aromatic rings. The van der Waals surface area contributed by atoms with Crippen molar-refractivity contribution in [2.75, 3.05) is 5.75 Å². The number of likely N-dealkylation sites (tertiary alicyclic amines) is 1. The molecule has 0 aliphatic carbocycles. The minimum absolute atomic E-state index is 0.262. The maximum Gasteiger partial charge on any atom is 0.223 e. The van der Waals surface area contributed by atoms with E-state index >= 15 is 0 Å². The molecule has 6 heteroatoms. The molecule has 1 aromatic carbocycles. The monoisotopic (exact) mass is 358 g/mol. The number of carbonyl (C=O) groups excluding carboxylic acids is 1. The van der Waals surface area contributed by atoms with Gasteiger partial charge in [-0.25, -0.2) is 0 Å². The van der Waals surface area contributed by atoms with Gasteiger partial charge >= 0.3 is 0 Å². The number of hydrogen-bond donors (Lipinski definition) is 0. The van der Waals surface area contributed by atoms with Gasteiger partial charge in [0.1, 0.15) is 0 Å². The normalized spacial score (nSPS) is 20.7. The molecule has 1 saturated heterocycles. The summed E-state index contributed by atoms with van der Waals surface area (Å²) in [5.74, 6) is 1.85. The molecular formula is C19H26N4OS. The van der Waals surface area contributed by atoms with Crippen molar-refractivity contribution in [3.8, 4) is 11.4 Å². The first-order valence-corrected chi connectivity index (χ1v) is 9.95. The van der Waals surface area contributed by atoms with Crippen LogP contribution in [-0.4, -0.2) is 43.4 Å². The second-order valence-electron chi connectivity index (χ2n) is 6.76. The number of benzene rings is 1. The second-order valence-corrected chi connectivity index (χ2v) is 7.82. The van der Waals surface area contributed by atoms with E-state index in [1.54, 1.807) is 11.8 Å². The molecule has 1 aliphatic rings. The van der Waals surface area contributed by atoms with Crippen LogP contribution in [0.3, 0.4) is 0 Å². The van der Waals surface area contributed by atoms with Gasteiger partial charge in [-0.2, -0.15) is 0 Å². The predicted molar refractivity (Wildman–Crippen MR) is 101 cm³/mol. The third-order valence-electron chi connectivity index (χ3n) is 4.90. The number of piperidine rings is 1. The molecule has 134 valence electrons. The smallest absolute Gasteiger partial charge is 0.223 e. The Kier molecular flexibility index (Phi) is 5.78. The third kappa shape index (κ3) is 4.06. The van der Waals surface area contributed by atoms with Crippen LogP contribution in [0.4, 0.5) is 0 Å². The molecule has 2 unspecified atom stereocenters. The first-order chi connectivity index (χ1) is 12.1. The van der Waals surface area contributed by atoms with E-state index in [2.05, 4.69) is 28.9 Å². The number of amides is 1. The molecule has 3 rings (SSSR count). The molecule has 1 aromatic heterocycles. The van der Waals surface area contributed by atoms with E-state index in [1.807, 2.05) is 41.9 Å².